The molecule has 1 aromatic heterocycles. The van der Waals surface area contributed by atoms with Crippen LogP contribution in [0, 0.1) is 6.92 Å². The summed E-state index contributed by atoms with van der Waals surface area (Å²) in [5.41, 5.74) is 2.24. The number of benzene rings is 1. The summed E-state index contributed by atoms with van der Waals surface area (Å²) >= 11 is 1.16. The number of nitrogens with one attached hydrogen (secondary N) is 1. The molecule has 0 saturated heterocycles. The number of pyridine rings is 1. The third-order valence-electron chi connectivity index (χ3n) is 2.12. The Bertz CT molecular complexity index is 516. The SMILES string of the molecule is Cc1cccc2c(=O)[c]([Sn])c[nH]c12. The van der Waals surface area contributed by atoms with Crippen LogP contribution in [0.25, 0.3) is 10.9 Å². The first kappa shape index (κ1) is 8.81. The average molecular weight is 277 g/mol. The van der Waals surface area contributed by atoms with Crippen molar-refractivity contribution in [2.75, 3.05) is 0 Å². The van der Waals surface area contributed by atoms with E-state index in [1.807, 2.05) is 25.1 Å². The minimum atomic E-state index is 0.163. The van der Waals surface area contributed by atoms with E-state index in [-0.39, 0.29) is 5.43 Å². The minimum absolute atomic E-state index is 0.163. The second-order valence-corrected chi connectivity index (χ2v) is 4.57. The molecule has 2 nitrogen and oxygen atoms in total. The molecule has 0 aliphatic carbocycles. The Morgan fingerprint density at radius 1 is 1.38 bits per heavy atom. The van der Waals surface area contributed by atoms with Gasteiger partial charge in [-0.1, -0.05) is 0 Å². The summed E-state index contributed by atoms with van der Waals surface area (Å²) < 4.78 is 0.852. The number of H-pyrrole nitrogens is 1. The van der Waals surface area contributed by atoms with E-state index >= 15 is 0 Å². The van der Waals surface area contributed by atoms with Crippen molar-refractivity contribution in [3.05, 3.63) is 40.2 Å². The standard InChI is InChI=1S/C10H8NO.Sn/c1-7-3-2-4-8-9(12)5-6-11-10(7)8;/h2-4,6H,1H3,(H,11,12);. The number of hydrogen-bond donors (Lipinski definition) is 1. The van der Waals surface area contributed by atoms with Gasteiger partial charge < -0.3 is 0 Å². The summed E-state index contributed by atoms with van der Waals surface area (Å²) in [7, 11) is 0. The summed E-state index contributed by atoms with van der Waals surface area (Å²) in [6.45, 7) is 2.00. The Hall–Kier alpha value is -0.771. The zero-order valence-corrected chi connectivity index (χ0v) is 10.1. The number of fused-ring (bicyclic) bond motifs is 1. The molecule has 0 fully saturated rings. The summed E-state index contributed by atoms with van der Waals surface area (Å²) in [6, 6.07) is 5.79. The number of rotatable bonds is 0. The molecule has 0 bridgehead atoms. The normalized spacial score (nSPS) is 10.6. The van der Waals surface area contributed by atoms with Crippen molar-refractivity contribution in [3.8, 4) is 0 Å². The van der Waals surface area contributed by atoms with Gasteiger partial charge in [-0.25, -0.2) is 0 Å². The van der Waals surface area contributed by atoms with E-state index in [2.05, 4.69) is 4.98 Å². The van der Waals surface area contributed by atoms with Crippen LogP contribution in [-0.2, 0) is 0 Å². The van der Waals surface area contributed by atoms with Crippen LogP contribution in [0.1, 0.15) is 5.56 Å². The molecule has 3 heteroatoms. The Kier molecular flexibility index (Phi) is 2.15. The summed E-state index contributed by atoms with van der Waals surface area (Å²) in [5.74, 6) is 0. The van der Waals surface area contributed by atoms with E-state index in [4.69, 9.17) is 0 Å². The Labute approximate surface area is 89.1 Å². The van der Waals surface area contributed by atoms with Gasteiger partial charge in [-0.05, 0) is 0 Å². The van der Waals surface area contributed by atoms with E-state index in [0.29, 0.717) is 0 Å². The van der Waals surface area contributed by atoms with Gasteiger partial charge in [0.25, 0.3) is 0 Å². The first-order valence-electron chi connectivity index (χ1n) is 4.03. The molecule has 63 valence electrons. The first-order valence-corrected chi connectivity index (χ1v) is 5.45. The van der Waals surface area contributed by atoms with Crippen molar-refractivity contribution in [2.24, 2.45) is 0 Å². The predicted octanol–water partition coefficient (Wildman–Crippen LogP) is 0.630. The molecule has 0 spiro atoms. The van der Waals surface area contributed by atoms with Crippen molar-refractivity contribution < 1.29 is 0 Å². The van der Waals surface area contributed by atoms with Gasteiger partial charge in [-0.3, -0.25) is 0 Å². The van der Waals surface area contributed by atoms with Gasteiger partial charge in [-0.15, -0.1) is 0 Å². The molecule has 0 amide bonds. The van der Waals surface area contributed by atoms with Crippen LogP contribution in [0.3, 0.4) is 0 Å². The Morgan fingerprint density at radius 2 is 2.15 bits per heavy atom. The van der Waals surface area contributed by atoms with Gasteiger partial charge in [0.05, 0.1) is 0 Å². The topological polar surface area (TPSA) is 32.9 Å². The van der Waals surface area contributed by atoms with Gasteiger partial charge in [-0.2, -0.15) is 0 Å². The molecule has 2 rings (SSSR count). The molecule has 1 N–H and O–H groups in total. The Morgan fingerprint density at radius 3 is 2.92 bits per heavy atom. The molecule has 1 heterocycles. The molecular weight excluding hydrogens is 269 g/mol. The third-order valence-corrected chi connectivity index (χ3v) is 3.18. The maximum absolute atomic E-state index is 11.7. The number of para-hydroxylation sites is 1. The molecular formula is C10H8NOSn. The van der Waals surface area contributed by atoms with E-state index < -0.39 is 0 Å². The number of aromatic nitrogens is 1. The fourth-order valence-corrected chi connectivity index (χ4v) is 1.99. The molecule has 2 aromatic rings. The van der Waals surface area contributed by atoms with Crippen LogP contribution in [0.5, 0.6) is 0 Å². The average Bonchev–Trinajstić information content (AvgIpc) is 2.12. The molecule has 0 unspecified atom stereocenters. The molecule has 0 saturated carbocycles. The van der Waals surface area contributed by atoms with Crippen molar-refractivity contribution in [3.63, 3.8) is 0 Å². The Balaban J connectivity index is 3.03. The van der Waals surface area contributed by atoms with E-state index in [9.17, 15) is 4.79 Å². The number of aromatic amines is 1. The van der Waals surface area contributed by atoms with Crippen LogP contribution < -0.4 is 9.01 Å². The molecule has 3 radical (unpaired) electrons. The molecule has 0 atom stereocenters. The fraction of sp³-hybridized carbons (Fsp3) is 0.100. The van der Waals surface area contributed by atoms with Crippen molar-refractivity contribution in [2.45, 2.75) is 6.92 Å². The van der Waals surface area contributed by atoms with E-state index in [1.165, 1.54) is 0 Å². The molecule has 13 heavy (non-hydrogen) atoms. The summed E-state index contributed by atoms with van der Waals surface area (Å²) in [6.07, 6.45) is 1.80. The fourth-order valence-electron chi connectivity index (χ4n) is 1.40. The maximum atomic E-state index is 11.7. The van der Waals surface area contributed by atoms with Gasteiger partial charge >= 0.3 is 89.1 Å². The van der Waals surface area contributed by atoms with Crippen LogP contribution in [0.15, 0.2) is 29.2 Å². The molecule has 0 aliphatic rings. The van der Waals surface area contributed by atoms with Gasteiger partial charge in [0.1, 0.15) is 0 Å². The second kappa shape index (κ2) is 3.18. The molecule has 1 aromatic carbocycles. The summed E-state index contributed by atoms with van der Waals surface area (Å²) in [4.78, 5) is 14.8. The predicted molar refractivity (Wildman–Crippen MR) is 54.7 cm³/mol. The van der Waals surface area contributed by atoms with Gasteiger partial charge in [0, 0.05) is 0 Å². The van der Waals surface area contributed by atoms with Crippen LogP contribution in [0.2, 0.25) is 0 Å². The third kappa shape index (κ3) is 1.39. The van der Waals surface area contributed by atoms with Crippen LogP contribution >= 0.6 is 0 Å². The van der Waals surface area contributed by atoms with E-state index in [0.717, 1.165) is 42.6 Å². The van der Waals surface area contributed by atoms with Crippen molar-refractivity contribution >= 4 is 37.0 Å². The van der Waals surface area contributed by atoms with Crippen molar-refractivity contribution in [1.29, 1.82) is 0 Å². The second-order valence-electron chi connectivity index (χ2n) is 3.03. The zero-order valence-electron chi connectivity index (χ0n) is 7.22. The van der Waals surface area contributed by atoms with Gasteiger partial charge in [0.15, 0.2) is 0 Å². The first-order chi connectivity index (χ1) is 6.20. The number of aryl methyl sites for hydroxylation is 1. The number of hydrogen-bond acceptors (Lipinski definition) is 1. The monoisotopic (exact) mass is 278 g/mol. The zero-order chi connectivity index (χ0) is 9.42. The van der Waals surface area contributed by atoms with E-state index in [1.54, 1.807) is 6.20 Å². The molecule has 0 aliphatic heterocycles. The quantitative estimate of drug-likeness (QED) is 0.704. The van der Waals surface area contributed by atoms with Gasteiger partial charge in [0.2, 0.25) is 0 Å². The van der Waals surface area contributed by atoms with Crippen molar-refractivity contribution in [1.82, 2.24) is 4.98 Å². The van der Waals surface area contributed by atoms with Crippen LogP contribution in [0.4, 0.5) is 0 Å². The van der Waals surface area contributed by atoms with Crippen LogP contribution in [-0.4, -0.2) is 27.5 Å². The summed E-state index contributed by atoms with van der Waals surface area (Å²) in [5, 5.41) is 0.800.